The Morgan fingerprint density at radius 1 is 1.13 bits per heavy atom. The van der Waals surface area contributed by atoms with Crippen LogP contribution in [0.5, 0.6) is 0 Å². The maximum Gasteiger partial charge on any atom is 0.267 e. The number of carbonyl (C=O) groups excluding carboxylic acids is 1. The van der Waals surface area contributed by atoms with E-state index in [1.807, 2.05) is 55.6 Å². The van der Waals surface area contributed by atoms with Gasteiger partial charge < -0.3 is 5.32 Å². The monoisotopic (exact) mass is 434 g/mol. The molecule has 0 fully saturated rings. The van der Waals surface area contributed by atoms with E-state index in [1.54, 1.807) is 17.7 Å². The number of hydrogen-bond donors (Lipinski definition) is 1. The van der Waals surface area contributed by atoms with Crippen LogP contribution in [-0.4, -0.2) is 30.5 Å². The van der Waals surface area contributed by atoms with Gasteiger partial charge in [0, 0.05) is 22.7 Å². The van der Waals surface area contributed by atoms with Gasteiger partial charge in [-0.2, -0.15) is 5.10 Å². The molecule has 1 aromatic carbocycles. The summed E-state index contributed by atoms with van der Waals surface area (Å²) in [5.41, 5.74) is 3.19. The Morgan fingerprint density at radius 3 is 2.61 bits per heavy atom. The second-order valence-corrected chi connectivity index (χ2v) is 8.08. The average molecular weight is 435 g/mol. The first-order valence-corrected chi connectivity index (χ1v) is 10.7. The van der Waals surface area contributed by atoms with E-state index in [9.17, 15) is 9.59 Å². The molecule has 3 aromatic heterocycles. The molecule has 0 spiro atoms. The van der Waals surface area contributed by atoms with Gasteiger partial charge >= 0.3 is 0 Å². The molecule has 1 unspecified atom stereocenters. The van der Waals surface area contributed by atoms with Crippen molar-refractivity contribution >= 4 is 17.2 Å². The topological polar surface area (TPSA) is 94.7 Å². The third kappa shape index (κ3) is 4.46. The number of aromatic nitrogens is 5. The van der Waals surface area contributed by atoms with Crippen molar-refractivity contribution in [2.45, 2.75) is 33.4 Å². The maximum atomic E-state index is 12.7. The molecule has 1 N–H and O–H groups in total. The number of rotatable bonds is 6. The van der Waals surface area contributed by atoms with Crippen molar-refractivity contribution < 1.29 is 4.79 Å². The van der Waals surface area contributed by atoms with E-state index in [1.165, 1.54) is 22.1 Å². The summed E-state index contributed by atoms with van der Waals surface area (Å²) < 4.78 is 2.83. The van der Waals surface area contributed by atoms with Crippen LogP contribution in [0.2, 0.25) is 0 Å². The van der Waals surface area contributed by atoms with Crippen molar-refractivity contribution in [3.8, 4) is 16.4 Å². The molecule has 0 aliphatic heterocycles. The molecule has 9 heteroatoms. The molecule has 0 radical (unpaired) electrons. The molecule has 4 rings (SSSR count). The molecular weight excluding hydrogens is 412 g/mol. The Hall–Kier alpha value is -3.59. The van der Waals surface area contributed by atoms with Gasteiger partial charge in [0.15, 0.2) is 5.82 Å². The largest absolute Gasteiger partial charge is 0.349 e. The van der Waals surface area contributed by atoms with Crippen LogP contribution in [-0.2, 0) is 11.3 Å². The molecule has 1 atom stereocenters. The van der Waals surface area contributed by atoms with Gasteiger partial charge in [-0.1, -0.05) is 30.3 Å². The molecule has 0 saturated carbocycles. The van der Waals surface area contributed by atoms with E-state index in [4.69, 9.17) is 0 Å². The summed E-state index contributed by atoms with van der Waals surface area (Å²) in [6.07, 6.45) is 0. The molecular formula is C22H22N6O2S. The van der Waals surface area contributed by atoms with E-state index in [0.717, 1.165) is 27.7 Å². The van der Waals surface area contributed by atoms with Crippen LogP contribution in [0.4, 0.5) is 0 Å². The molecule has 8 nitrogen and oxygen atoms in total. The highest BCUT2D eigenvalue weighted by molar-refractivity contribution is 7.13. The molecule has 1 amide bonds. The van der Waals surface area contributed by atoms with Crippen LogP contribution in [0, 0.1) is 13.8 Å². The van der Waals surface area contributed by atoms with Crippen LogP contribution >= 0.6 is 11.3 Å². The molecule has 3 heterocycles. The number of nitrogens with one attached hydrogen (secondary N) is 1. The summed E-state index contributed by atoms with van der Waals surface area (Å²) in [6.45, 7) is 5.71. The Bertz CT molecular complexity index is 1270. The van der Waals surface area contributed by atoms with Crippen molar-refractivity contribution in [3.63, 3.8) is 0 Å². The molecule has 0 aliphatic carbocycles. The van der Waals surface area contributed by atoms with Gasteiger partial charge in [0.25, 0.3) is 5.56 Å². The van der Waals surface area contributed by atoms with Gasteiger partial charge in [-0.05, 0) is 32.9 Å². The molecule has 4 aromatic rings. The Kier molecular flexibility index (Phi) is 5.77. The fourth-order valence-electron chi connectivity index (χ4n) is 3.20. The number of thiazole rings is 1. The second kappa shape index (κ2) is 8.65. The summed E-state index contributed by atoms with van der Waals surface area (Å²) in [4.78, 5) is 29.6. The molecule has 31 heavy (non-hydrogen) atoms. The van der Waals surface area contributed by atoms with Crippen LogP contribution in [0.15, 0.2) is 58.7 Å². The van der Waals surface area contributed by atoms with Gasteiger partial charge in [-0.15, -0.1) is 16.4 Å². The van der Waals surface area contributed by atoms with Crippen LogP contribution in [0.25, 0.3) is 16.4 Å². The third-order valence-electron chi connectivity index (χ3n) is 4.80. The summed E-state index contributed by atoms with van der Waals surface area (Å²) in [6, 6.07) is 14.0. The van der Waals surface area contributed by atoms with Gasteiger partial charge in [-0.3, -0.25) is 9.59 Å². The van der Waals surface area contributed by atoms with Gasteiger partial charge in [-0.25, -0.2) is 14.3 Å². The Balaban J connectivity index is 1.47. The maximum absolute atomic E-state index is 12.7. The lowest BCUT2D eigenvalue weighted by Crippen LogP contribution is -2.37. The van der Waals surface area contributed by atoms with Crippen LogP contribution in [0.1, 0.15) is 30.0 Å². The van der Waals surface area contributed by atoms with Gasteiger partial charge in [0.1, 0.15) is 11.0 Å². The zero-order valence-electron chi connectivity index (χ0n) is 17.4. The zero-order valence-corrected chi connectivity index (χ0v) is 18.3. The summed E-state index contributed by atoms with van der Waals surface area (Å²) >= 11 is 1.52. The molecule has 0 bridgehead atoms. The third-order valence-corrected chi connectivity index (χ3v) is 5.74. The first-order valence-electron chi connectivity index (χ1n) is 9.83. The average Bonchev–Trinajstić information content (AvgIpc) is 3.38. The summed E-state index contributed by atoms with van der Waals surface area (Å²) in [7, 11) is 0. The molecule has 158 valence electrons. The number of carbonyl (C=O) groups is 1. The molecule has 0 aliphatic rings. The van der Waals surface area contributed by atoms with Gasteiger partial charge in [0.05, 0.1) is 17.9 Å². The van der Waals surface area contributed by atoms with Crippen molar-refractivity contribution in [1.29, 1.82) is 0 Å². The predicted molar refractivity (Wildman–Crippen MR) is 119 cm³/mol. The lowest BCUT2D eigenvalue weighted by Gasteiger charge is -2.15. The van der Waals surface area contributed by atoms with E-state index in [0.29, 0.717) is 5.82 Å². The van der Waals surface area contributed by atoms with Crippen molar-refractivity contribution in [2.24, 2.45) is 0 Å². The minimum Gasteiger partial charge on any atom is -0.349 e. The lowest BCUT2D eigenvalue weighted by atomic mass is 10.2. The van der Waals surface area contributed by atoms with Crippen molar-refractivity contribution in [1.82, 2.24) is 29.9 Å². The lowest BCUT2D eigenvalue weighted by molar-refractivity contribution is -0.124. The fourth-order valence-corrected chi connectivity index (χ4v) is 4.03. The fraction of sp³-hybridized carbons (Fsp3) is 0.227. The van der Waals surface area contributed by atoms with E-state index < -0.39 is 6.04 Å². The highest BCUT2D eigenvalue weighted by atomic mass is 32.1. The minimum atomic E-state index is -0.781. The number of nitrogens with zero attached hydrogens (tertiary/aromatic N) is 5. The quantitative estimate of drug-likeness (QED) is 0.503. The summed E-state index contributed by atoms with van der Waals surface area (Å²) in [5.74, 6) is 0.172. The number of aryl methyl sites for hydroxylation is 2. The smallest absolute Gasteiger partial charge is 0.267 e. The SMILES string of the molecule is Cc1cc(C)n(-c2ccc(=O)n(C(C)C(=O)NCc3csc(-c4ccccc4)n3)n2)n1. The number of hydrogen-bond acceptors (Lipinski definition) is 6. The highest BCUT2D eigenvalue weighted by Crippen LogP contribution is 2.23. The van der Waals surface area contributed by atoms with Crippen LogP contribution < -0.4 is 10.9 Å². The Morgan fingerprint density at radius 2 is 1.90 bits per heavy atom. The number of amides is 1. The van der Waals surface area contributed by atoms with E-state index in [2.05, 4.69) is 20.5 Å². The number of benzene rings is 1. The summed E-state index contributed by atoms with van der Waals surface area (Å²) in [5, 5.41) is 14.4. The van der Waals surface area contributed by atoms with Crippen LogP contribution in [0.3, 0.4) is 0 Å². The second-order valence-electron chi connectivity index (χ2n) is 7.22. The first kappa shape index (κ1) is 20.7. The van der Waals surface area contributed by atoms with Crippen molar-refractivity contribution in [2.75, 3.05) is 0 Å². The zero-order chi connectivity index (χ0) is 22.0. The standard InChI is InChI=1S/C22H22N6O2S/c1-14-11-15(2)27(25-14)19-9-10-20(29)28(26-19)16(3)21(30)23-12-18-13-31-22(24-18)17-7-5-4-6-8-17/h4-11,13,16H,12H2,1-3H3,(H,23,30). The Labute approximate surface area is 183 Å². The minimum absolute atomic E-state index is 0.276. The van der Waals surface area contributed by atoms with E-state index in [-0.39, 0.29) is 18.0 Å². The first-order chi connectivity index (χ1) is 14.9. The normalized spacial score (nSPS) is 12.0. The predicted octanol–water partition coefficient (Wildman–Crippen LogP) is 3.05. The highest BCUT2D eigenvalue weighted by Gasteiger charge is 2.19. The molecule has 0 saturated heterocycles. The van der Waals surface area contributed by atoms with Crippen molar-refractivity contribution in [3.05, 3.63) is 81.3 Å². The van der Waals surface area contributed by atoms with Gasteiger partial charge in [0.2, 0.25) is 5.91 Å². The van der Waals surface area contributed by atoms with E-state index >= 15 is 0 Å².